The van der Waals surface area contributed by atoms with Gasteiger partial charge in [-0.3, -0.25) is 4.40 Å². The molecule has 4 nitrogen and oxygen atoms in total. The van der Waals surface area contributed by atoms with Crippen LogP contribution in [0.2, 0.25) is 0 Å². The highest BCUT2D eigenvalue weighted by molar-refractivity contribution is 7.15. The Balaban J connectivity index is 2.16. The lowest BCUT2D eigenvalue weighted by molar-refractivity contribution is -0.0551. The molecule has 21 heavy (non-hydrogen) atoms. The van der Waals surface area contributed by atoms with Gasteiger partial charge in [-0.05, 0) is 33.2 Å². The number of hydrogen-bond acceptors (Lipinski definition) is 4. The molecule has 1 N–H and O–H groups in total. The molecule has 0 bridgehead atoms. The molecule has 0 radical (unpaired) electrons. The summed E-state index contributed by atoms with van der Waals surface area (Å²) in [7, 11) is 0. The molecule has 0 aliphatic carbocycles. The minimum atomic E-state index is -0.152. The number of ether oxygens (including phenoxy) is 1. The molecule has 2 aromatic rings. The van der Waals surface area contributed by atoms with Gasteiger partial charge in [-0.2, -0.15) is 0 Å². The fourth-order valence-electron chi connectivity index (χ4n) is 2.68. The van der Waals surface area contributed by atoms with E-state index < -0.39 is 0 Å². The maximum absolute atomic E-state index is 6.07. The van der Waals surface area contributed by atoms with Crippen molar-refractivity contribution in [2.75, 3.05) is 13.2 Å². The van der Waals surface area contributed by atoms with E-state index in [-0.39, 0.29) is 11.6 Å². The van der Waals surface area contributed by atoms with Gasteiger partial charge in [-0.15, -0.1) is 11.3 Å². The van der Waals surface area contributed by atoms with Crippen molar-refractivity contribution in [3.05, 3.63) is 23.5 Å². The predicted molar refractivity (Wildman–Crippen MR) is 89.2 cm³/mol. The van der Waals surface area contributed by atoms with E-state index >= 15 is 0 Å². The first-order valence-electron chi connectivity index (χ1n) is 7.91. The molecule has 2 rings (SSSR count). The number of nitrogens with zero attached hydrogens (tertiary/aromatic N) is 2. The zero-order valence-corrected chi connectivity index (χ0v) is 14.4. The Morgan fingerprint density at radius 1 is 1.43 bits per heavy atom. The Labute approximate surface area is 131 Å². The molecule has 2 unspecified atom stereocenters. The van der Waals surface area contributed by atoms with Gasteiger partial charge in [0.2, 0.25) is 0 Å². The molecule has 2 heterocycles. The summed E-state index contributed by atoms with van der Waals surface area (Å²) in [6, 6.07) is 0.284. The zero-order chi connectivity index (χ0) is 15.3. The number of nitrogens with one attached hydrogen (secondary N) is 1. The number of thiazole rings is 1. The van der Waals surface area contributed by atoms with Gasteiger partial charge in [0.15, 0.2) is 4.96 Å². The van der Waals surface area contributed by atoms with E-state index in [4.69, 9.17) is 9.72 Å². The molecule has 0 aliphatic rings. The van der Waals surface area contributed by atoms with Gasteiger partial charge in [-0.25, -0.2) is 4.98 Å². The van der Waals surface area contributed by atoms with Crippen LogP contribution in [0.1, 0.15) is 46.2 Å². The molecule has 0 aliphatic heterocycles. The summed E-state index contributed by atoms with van der Waals surface area (Å²) in [5.74, 6) is 0. The van der Waals surface area contributed by atoms with Crippen molar-refractivity contribution in [3.63, 3.8) is 0 Å². The Hall–Kier alpha value is -0.910. The normalized spacial score (nSPS) is 16.2. The highest BCUT2D eigenvalue weighted by Gasteiger charge is 2.33. The first-order chi connectivity index (χ1) is 10.1. The third-order valence-corrected chi connectivity index (χ3v) is 4.88. The third kappa shape index (κ3) is 3.84. The number of rotatable bonds is 9. The zero-order valence-electron chi connectivity index (χ0n) is 13.6. The summed E-state index contributed by atoms with van der Waals surface area (Å²) in [4.78, 5) is 5.78. The van der Waals surface area contributed by atoms with Gasteiger partial charge in [-0.1, -0.05) is 13.8 Å². The number of aromatic nitrogens is 2. The van der Waals surface area contributed by atoms with Gasteiger partial charge in [0.25, 0.3) is 0 Å². The Kier molecular flexibility index (Phi) is 5.79. The standard InChI is InChI=1S/C16H27N3OS/c1-5-8-17-14(16(4,6-2)20-7-3)11-13-12-19-9-10-21-15(19)18-13/h9-10,12,14,17H,5-8,11H2,1-4H3. The van der Waals surface area contributed by atoms with E-state index in [1.165, 1.54) is 0 Å². The van der Waals surface area contributed by atoms with Gasteiger partial charge in [0.05, 0.1) is 11.3 Å². The minimum Gasteiger partial charge on any atom is -0.374 e. The molecule has 5 heteroatoms. The largest absolute Gasteiger partial charge is 0.374 e. The second-order valence-corrected chi connectivity index (χ2v) is 6.51. The second-order valence-electron chi connectivity index (χ2n) is 5.64. The minimum absolute atomic E-state index is 0.152. The third-order valence-electron chi connectivity index (χ3n) is 4.11. The lowest BCUT2D eigenvalue weighted by Crippen LogP contribution is -2.52. The van der Waals surface area contributed by atoms with E-state index in [1.54, 1.807) is 11.3 Å². The van der Waals surface area contributed by atoms with Crippen LogP contribution in [0, 0.1) is 0 Å². The van der Waals surface area contributed by atoms with Crippen LogP contribution < -0.4 is 5.32 Å². The Bertz CT molecular complexity index is 522. The Morgan fingerprint density at radius 2 is 2.24 bits per heavy atom. The van der Waals surface area contributed by atoms with Crippen LogP contribution in [0.25, 0.3) is 4.96 Å². The van der Waals surface area contributed by atoms with Crippen molar-refractivity contribution in [2.24, 2.45) is 0 Å². The first kappa shape index (κ1) is 16.5. The molecular weight excluding hydrogens is 282 g/mol. The fourth-order valence-corrected chi connectivity index (χ4v) is 3.40. The molecule has 0 amide bonds. The van der Waals surface area contributed by atoms with Crippen LogP contribution in [-0.2, 0) is 11.2 Å². The van der Waals surface area contributed by atoms with Crippen molar-refractivity contribution in [3.8, 4) is 0 Å². The van der Waals surface area contributed by atoms with Gasteiger partial charge < -0.3 is 10.1 Å². The van der Waals surface area contributed by atoms with E-state index in [0.717, 1.165) is 43.1 Å². The van der Waals surface area contributed by atoms with Gasteiger partial charge in [0.1, 0.15) is 0 Å². The van der Waals surface area contributed by atoms with E-state index in [0.29, 0.717) is 0 Å². The quantitative estimate of drug-likeness (QED) is 0.770. The molecule has 0 aromatic carbocycles. The van der Waals surface area contributed by atoms with Crippen LogP contribution in [-0.4, -0.2) is 34.2 Å². The topological polar surface area (TPSA) is 38.6 Å². The molecule has 0 saturated carbocycles. The van der Waals surface area contributed by atoms with Crippen molar-refractivity contribution in [1.82, 2.24) is 14.7 Å². The molecule has 0 fully saturated rings. The van der Waals surface area contributed by atoms with Crippen LogP contribution in [0.4, 0.5) is 0 Å². The van der Waals surface area contributed by atoms with Crippen molar-refractivity contribution in [2.45, 2.75) is 58.6 Å². The van der Waals surface area contributed by atoms with Gasteiger partial charge in [0, 0.05) is 36.8 Å². The summed E-state index contributed by atoms with van der Waals surface area (Å²) in [5.41, 5.74) is 0.982. The first-order valence-corrected chi connectivity index (χ1v) is 8.79. The van der Waals surface area contributed by atoms with E-state index in [2.05, 4.69) is 55.2 Å². The summed E-state index contributed by atoms with van der Waals surface area (Å²) < 4.78 is 8.17. The smallest absolute Gasteiger partial charge is 0.193 e. The predicted octanol–water partition coefficient (Wildman–Crippen LogP) is 3.51. The van der Waals surface area contributed by atoms with Crippen molar-refractivity contribution >= 4 is 16.3 Å². The SMILES string of the molecule is CCCNC(Cc1cn2ccsc2n1)C(C)(CC)OCC. The van der Waals surface area contributed by atoms with E-state index in [1.807, 2.05) is 0 Å². The maximum Gasteiger partial charge on any atom is 0.193 e. The fraction of sp³-hybridized carbons (Fsp3) is 0.688. The monoisotopic (exact) mass is 309 g/mol. The highest BCUT2D eigenvalue weighted by Crippen LogP contribution is 2.24. The maximum atomic E-state index is 6.07. The molecule has 2 aromatic heterocycles. The number of hydrogen-bond donors (Lipinski definition) is 1. The summed E-state index contributed by atoms with van der Waals surface area (Å²) in [6.45, 7) is 10.4. The van der Waals surface area contributed by atoms with Crippen LogP contribution in [0.5, 0.6) is 0 Å². The Morgan fingerprint density at radius 3 is 2.86 bits per heavy atom. The van der Waals surface area contributed by atoms with Crippen LogP contribution in [0.3, 0.4) is 0 Å². The summed E-state index contributed by atoms with van der Waals surface area (Å²) >= 11 is 1.68. The van der Waals surface area contributed by atoms with Crippen LogP contribution in [0.15, 0.2) is 17.8 Å². The van der Waals surface area contributed by atoms with Crippen LogP contribution >= 0.6 is 11.3 Å². The number of fused-ring (bicyclic) bond motifs is 1. The van der Waals surface area contributed by atoms with Crippen molar-refractivity contribution in [1.29, 1.82) is 0 Å². The molecule has 2 atom stereocenters. The second kappa shape index (κ2) is 7.38. The van der Waals surface area contributed by atoms with E-state index in [9.17, 15) is 0 Å². The summed E-state index contributed by atoms with van der Waals surface area (Å²) in [5, 5.41) is 5.72. The van der Waals surface area contributed by atoms with Crippen molar-refractivity contribution < 1.29 is 4.74 Å². The lowest BCUT2D eigenvalue weighted by Gasteiger charge is -2.37. The average Bonchev–Trinajstić information content (AvgIpc) is 3.04. The molecule has 0 saturated heterocycles. The molecular formula is C16H27N3OS. The molecule has 0 spiro atoms. The highest BCUT2D eigenvalue weighted by atomic mass is 32.1. The van der Waals surface area contributed by atoms with Gasteiger partial charge >= 0.3 is 0 Å². The number of imidazole rings is 1. The average molecular weight is 309 g/mol. The lowest BCUT2D eigenvalue weighted by atomic mass is 9.89. The summed E-state index contributed by atoms with van der Waals surface area (Å²) in [6.07, 6.45) is 7.21. The molecule has 118 valence electrons.